The molecule has 1 aromatic carbocycles. The molecule has 1 aromatic rings. The molecule has 0 saturated carbocycles. The average Bonchev–Trinajstić information content (AvgIpc) is 2.45. The van der Waals surface area contributed by atoms with E-state index in [9.17, 15) is 4.79 Å². The number of hydrogen-bond donors (Lipinski definition) is 2. The van der Waals surface area contributed by atoms with Crippen LogP contribution in [0.25, 0.3) is 4.85 Å². The van der Waals surface area contributed by atoms with Crippen LogP contribution in [0.5, 0.6) is 0 Å². The lowest BCUT2D eigenvalue weighted by atomic mass is 9.85. The number of carbonyl (C=O) groups is 1. The van der Waals surface area contributed by atoms with Gasteiger partial charge >= 0.3 is 0 Å². The van der Waals surface area contributed by atoms with Gasteiger partial charge in [0.1, 0.15) is 0 Å². The van der Waals surface area contributed by atoms with Crippen molar-refractivity contribution in [3.05, 3.63) is 41.2 Å². The summed E-state index contributed by atoms with van der Waals surface area (Å²) in [5, 5.41) is 5.88. The molecule has 0 radical (unpaired) electrons. The van der Waals surface area contributed by atoms with E-state index in [2.05, 4.69) is 15.5 Å². The molecule has 0 unspecified atom stereocenters. The Morgan fingerprint density at radius 3 is 2.24 bits per heavy atom. The summed E-state index contributed by atoms with van der Waals surface area (Å²) in [6.45, 7) is 14.7. The Bertz CT molecular complexity index is 524. The summed E-state index contributed by atoms with van der Waals surface area (Å²) in [7, 11) is 1.67. The maximum atomic E-state index is 11.7. The van der Waals surface area contributed by atoms with Crippen molar-refractivity contribution in [3.63, 3.8) is 0 Å². The Kier molecular flexibility index (Phi) is 5.37. The first-order valence-electron chi connectivity index (χ1n) is 7.18. The Morgan fingerprint density at radius 2 is 1.76 bits per heavy atom. The molecule has 1 amide bonds. The van der Waals surface area contributed by atoms with Crippen LogP contribution in [0.15, 0.2) is 24.3 Å². The van der Waals surface area contributed by atoms with Crippen LogP contribution < -0.4 is 10.6 Å². The number of anilines is 1. The Balaban J connectivity index is 2.64. The molecule has 0 aliphatic rings. The fraction of sp³-hybridized carbons (Fsp3) is 0.529. The third-order valence-electron chi connectivity index (χ3n) is 3.56. The van der Waals surface area contributed by atoms with Crippen LogP contribution in [0.2, 0.25) is 0 Å². The van der Waals surface area contributed by atoms with Gasteiger partial charge in [-0.25, -0.2) is 6.57 Å². The molecular formula is C17H25N3O. The minimum absolute atomic E-state index is 0.0691. The van der Waals surface area contributed by atoms with Gasteiger partial charge in [0, 0.05) is 32.0 Å². The molecule has 0 bridgehead atoms. The van der Waals surface area contributed by atoms with E-state index < -0.39 is 5.66 Å². The van der Waals surface area contributed by atoms with Crippen LogP contribution in [0, 0.1) is 12.0 Å². The summed E-state index contributed by atoms with van der Waals surface area (Å²) in [5.41, 5.74) is 1.17. The first kappa shape index (κ1) is 17.0. The zero-order valence-electron chi connectivity index (χ0n) is 13.6. The fourth-order valence-corrected chi connectivity index (χ4v) is 2.04. The number of carbonyl (C=O) groups excluding carboxylic acids is 1. The van der Waals surface area contributed by atoms with Crippen molar-refractivity contribution in [2.75, 3.05) is 12.4 Å². The van der Waals surface area contributed by atoms with Gasteiger partial charge in [-0.3, -0.25) is 9.64 Å². The molecule has 0 spiro atoms. The maximum Gasteiger partial charge on any atom is 0.299 e. The Labute approximate surface area is 127 Å². The second-order valence-electron chi connectivity index (χ2n) is 6.46. The van der Waals surface area contributed by atoms with Crippen LogP contribution >= 0.6 is 0 Å². The summed E-state index contributed by atoms with van der Waals surface area (Å²) < 4.78 is 0. The Morgan fingerprint density at radius 1 is 1.19 bits per heavy atom. The number of rotatable bonds is 6. The molecule has 0 atom stereocenters. The van der Waals surface area contributed by atoms with Gasteiger partial charge in [0.15, 0.2) is 0 Å². The highest BCUT2D eigenvalue weighted by molar-refractivity contribution is 5.81. The van der Waals surface area contributed by atoms with E-state index >= 15 is 0 Å². The van der Waals surface area contributed by atoms with E-state index in [-0.39, 0.29) is 11.3 Å². The van der Waals surface area contributed by atoms with Crippen molar-refractivity contribution in [2.45, 2.75) is 46.2 Å². The number of benzene rings is 1. The molecule has 2 N–H and O–H groups in total. The highest BCUT2D eigenvalue weighted by Gasteiger charge is 2.26. The van der Waals surface area contributed by atoms with Gasteiger partial charge in [-0.1, -0.05) is 26.0 Å². The van der Waals surface area contributed by atoms with E-state index in [0.29, 0.717) is 0 Å². The predicted octanol–water partition coefficient (Wildman–Crippen LogP) is 3.46. The molecule has 0 aromatic heterocycles. The van der Waals surface area contributed by atoms with Gasteiger partial charge < -0.3 is 10.6 Å². The van der Waals surface area contributed by atoms with Gasteiger partial charge in [0.25, 0.3) is 5.66 Å². The second kappa shape index (κ2) is 6.62. The predicted molar refractivity (Wildman–Crippen MR) is 86.9 cm³/mol. The van der Waals surface area contributed by atoms with E-state index in [0.717, 1.165) is 18.5 Å². The smallest absolute Gasteiger partial charge is 0.299 e. The fourth-order valence-electron chi connectivity index (χ4n) is 2.04. The van der Waals surface area contributed by atoms with E-state index in [1.54, 1.807) is 7.05 Å². The van der Waals surface area contributed by atoms with Crippen LogP contribution in [-0.2, 0) is 11.2 Å². The minimum Gasteiger partial charge on any atom is -0.359 e. The average molecular weight is 287 g/mol. The normalized spacial score (nSPS) is 11.6. The lowest BCUT2D eigenvalue weighted by Crippen LogP contribution is -2.34. The van der Waals surface area contributed by atoms with Gasteiger partial charge in [-0.2, -0.15) is 0 Å². The van der Waals surface area contributed by atoms with Gasteiger partial charge in [0.05, 0.1) is 0 Å². The zero-order chi connectivity index (χ0) is 16.1. The summed E-state index contributed by atoms with van der Waals surface area (Å²) >= 11 is 0. The number of nitrogens with zero attached hydrogens (tertiary/aromatic N) is 1. The molecule has 0 aliphatic carbocycles. The molecule has 0 heterocycles. The monoisotopic (exact) mass is 287 g/mol. The topological polar surface area (TPSA) is 45.5 Å². The lowest BCUT2D eigenvalue weighted by Gasteiger charge is -2.22. The molecule has 0 fully saturated rings. The molecule has 0 saturated heterocycles. The van der Waals surface area contributed by atoms with Crippen LogP contribution in [-0.4, -0.2) is 18.6 Å². The number of hydrogen-bond acceptors (Lipinski definition) is 2. The molecule has 21 heavy (non-hydrogen) atoms. The summed E-state index contributed by atoms with van der Waals surface area (Å²) in [6.07, 6.45) is 1.65. The quantitative estimate of drug-likeness (QED) is 0.787. The van der Waals surface area contributed by atoms with Crippen molar-refractivity contribution >= 4 is 11.6 Å². The first-order chi connectivity index (χ1) is 9.70. The second-order valence-corrected chi connectivity index (χ2v) is 6.46. The first-order valence-corrected chi connectivity index (χ1v) is 7.18. The van der Waals surface area contributed by atoms with Crippen LogP contribution in [0.3, 0.4) is 0 Å². The standard InChI is InChI=1S/C17H25N3O/c1-16(2,15(21)18-5)12-11-13-7-9-14(10-8-13)20-17(3,4)19-6/h7-10,20H,11-12H2,1-5H3,(H,18,21). The highest BCUT2D eigenvalue weighted by atomic mass is 16.2. The third-order valence-corrected chi connectivity index (χ3v) is 3.56. The van der Waals surface area contributed by atoms with Crippen molar-refractivity contribution in [2.24, 2.45) is 5.41 Å². The zero-order valence-corrected chi connectivity index (χ0v) is 13.6. The molecular weight excluding hydrogens is 262 g/mol. The van der Waals surface area contributed by atoms with Gasteiger partial charge in [-0.15, -0.1) is 0 Å². The molecule has 1 rings (SSSR count). The van der Waals surface area contributed by atoms with E-state index in [1.165, 1.54) is 5.56 Å². The van der Waals surface area contributed by atoms with Crippen molar-refractivity contribution in [3.8, 4) is 0 Å². The molecule has 4 nitrogen and oxygen atoms in total. The SMILES string of the molecule is [C-]#[N+]C(C)(C)Nc1ccc(CCC(C)(C)C(=O)NC)cc1. The Hall–Kier alpha value is -2.02. The molecule has 4 heteroatoms. The summed E-state index contributed by atoms with van der Waals surface area (Å²) in [4.78, 5) is 15.3. The van der Waals surface area contributed by atoms with Crippen LogP contribution in [0.1, 0.15) is 39.7 Å². The minimum atomic E-state index is -0.595. The third kappa shape index (κ3) is 5.11. The number of nitrogens with one attached hydrogen (secondary N) is 2. The van der Waals surface area contributed by atoms with Crippen molar-refractivity contribution in [1.29, 1.82) is 0 Å². The van der Waals surface area contributed by atoms with Gasteiger partial charge in [-0.05, 0) is 30.5 Å². The van der Waals surface area contributed by atoms with Crippen molar-refractivity contribution in [1.82, 2.24) is 5.32 Å². The van der Waals surface area contributed by atoms with E-state index in [1.807, 2.05) is 52.0 Å². The number of amides is 1. The molecule has 0 aliphatic heterocycles. The lowest BCUT2D eigenvalue weighted by molar-refractivity contribution is -0.129. The largest absolute Gasteiger partial charge is 0.359 e. The van der Waals surface area contributed by atoms with Crippen molar-refractivity contribution < 1.29 is 4.79 Å². The summed E-state index contributed by atoms with van der Waals surface area (Å²) in [5.74, 6) is 0.0691. The van der Waals surface area contributed by atoms with Gasteiger partial charge in [0.2, 0.25) is 5.91 Å². The summed E-state index contributed by atoms with van der Waals surface area (Å²) in [6, 6.07) is 8.05. The van der Waals surface area contributed by atoms with E-state index in [4.69, 9.17) is 6.57 Å². The molecule has 114 valence electrons. The highest BCUT2D eigenvalue weighted by Crippen LogP contribution is 2.24. The number of aryl methyl sites for hydroxylation is 1. The van der Waals surface area contributed by atoms with Crippen LogP contribution in [0.4, 0.5) is 5.69 Å². The maximum absolute atomic E-state index is 11.7.